The van der Waals surface area contributed by atoms with Gasteiger partial charge in [0.1, 0.15) is 0 Å². The van der Waals surface area contributed by atoms with E-state index in [1.807, 2.05) is 6.07 Å². The van der Waals surface area contributed by atoms with E-state index in [1.165, 1.54) is 18.1 Å². The van der Waals surface area contributed by atoms with Crippen LogP contribution in [0.5, 0.6) is 0 Å². The summed E-state index contributed by atoms with van der Waals surface area (Å²) >= 11 is 3.47. The van der Waals surface area contributed by atoms with E-state index in [2.05, 4.69) is 52.5 Å². The van der Waals surface area contributed by atoms with Gasteiger partial charge in [-0.15, -0.1) is 0 Å². The molecule has 0 aliphatic rings. The molecule has 0 aromatic heterocycles. The quantitative estimate of drug-likeness (QED) is 0.827. The molecule has 1 rings (SSSR count). The average Bonchev–Trinajstić information content (AvgIpc) is 2.29. The van der Waals surface area contributed by atoms with Gasteiger partial charge in [-0.05, 0) is 36.1 Å². The SMILES string of the molecule is CCc1cc(Br)ccc1C=CCCNC(C)=O. The van der Waals surface area contributed by atoms with Crippen LogP contribution in [0.1, 0.15) is 31.4 Å². The molecular formula is C14H18BrNO. The van der Waals surface area contributed by atoms with Gasteiger partial charge >= 0.3 is 0 Å². The number of amides is 1. The summed E-state index contributed by atoms with van der Waals surface area (Å²) in [5, 5.41) is 2.77. The highest BCUT2D eigenvalue weighted by Gasteiger charge is 1.97. The van der Waals surface area contributed by atoms with Crippen molar-refractivity contribution in [3.8, 4) is 0 Å². The van der Waals surface area contributed by atoms with Gasteiger partial charge in [0, 0.05) is 17.9 Å². The molecule has 0 spiro atoms. The third-order valence-corrected chi connectivity index (χ3v) is 2.96. The summed E-state index contributed by atoms with van der Waals surface area (Å²) in [7, 11) is 0. The lowest BCUT2D eigenvalue weighted by Gasteiger charge is -2.04. The number of halogens is 1. The van der Waals surface area contributed by atoms with Crippen molar-refractivity contribution < 1.29 is 4.79 Å². The molecule has 0 aliphatic heterocycles. The van der Waals surface area contributed by atoms with E-state index in [9.17, 15) is 4.79 Å². The summed E-state index contributed by atoms with van der Waals surface area (Å²) in [5.41, 5.74) is 2.58. The minimum absolute atomic E-state index is 0.0243. The maximum absolute atomic E-state index is 10.7. The number of rotatable bonds is 5. The Balaban J connectivity index is 2.55. The summed E-state index contributed by atoms with van der Waals surface area (Å²) < 4.78 is 1.12. The van der Waals surface area contributed by atoms with Crippen LogP contribution in [0.15, 0.2) is 28.7 Å². The van der Waals surface area contributed by atoms with Crippen LogP contribution >= 0.6 is 15.9 Å². The molecule has 0 aliphatic carbocycles. The number of carbonyl (C=O) groups is 1. The van der Waals surface area contributed by atoms with Gasteiger partial charge < -0.3 is 5.32 Å². The number of carbonyl (C=O) groups excluding carboxylic acids is 1. The highest BCUT2D eigenvalue weighted by molar-refractivity contribution is 9.10. The van der Waals surface area contributed by atoms with Crippen LogP contribution in [0.4, 0.5) is 0 Å². The predicted molar refractivity (Wildman–Crippen MR) is 75.9 cm³/mol. The molecular weight excluding hydrogens is 278 g/mol. The second-order valence-corrected chi connectivity index (χ2v) is 4.79. The van der Waals surface area contributed by atoms with Crippen LogP contribution in [-0.2, 0) is 11.2 Å². The Bertz CT molecular complexity index is 413. The molecule has 0 saturated heterocycles. The van der Waals surface area contributed by atoms with Crippen LogP contribution in [0.2, 0.25) is 0 Å². The van der Waals surface area contributed by atoms with Crippen molar-refractivity contribution in [1.29, 1.82) is 0 Å². The molecule has 0 atom stereocenters. The van der Waals surface area contributed by atoms with E-state index in [-0.39, 0.29) is 5.91 Å². The van der Waals surface area contributed by atoms with Crippen LogP contribution in [-0.4, -0.2) is 12.5 Å². The molecule has 0 bridgehead atoms. The molecule has 3 heteroatoms. The van der Waals surface area contributed by atoms with Gasteiger partial charge in [0.25, 0.3) is 0 Å². The summed E-state index contributed by atoms with van der Waals surface area (Å²) in [6.45, 7) is 4.38. The first-order valence-corrected chi connectivity index (χ1v) is 6.62. The Kier molecular flexibility index (Phi) is 5.98. The van der Waals surface area contributed by atoms with Gasteiger partial charge in [-0.25, -0.2) is 0 Å². The van der Waals surface area contributed by atoms with Crippen LogP contribution in [0.3, 0.4) is 0 Å². The molecule has 0 unspecified atom stereocenters. The molecule has 1 aromatic rings. The minimum Gasteiger partial charge on any atom is -0.356 e. The van der Waals surface area contributed by atoms with E-state index in [4.69, 9.17) is 0 Å². The first-order chi connectivity index (χ1) is 8.13. The number of aryl methyl sites for hydroxylation is 1. The van der Waals surface area contributed by atoms with Gasteiger partial charge in [-0.2, -0.15) is 0 Å². The van der Waals surface area contributed by atoms with Crippen molar-refractivity contribution in [2.75, 3.05) is 6.54 Å². The monoisotopic (exact) mass is 295 g/mol. The molecule has 0 heterocycles. The maximum Gasteiger partial charge on any atom is 0.216 e. The fraction of sp³-hybridized carbons (Fsp3) is 0.357. The van der Waals surface area contributed by atoms with E-state index in [0.29, 0.717) is 6.54 Å². The lowest BCUT2D eigenvalue weighted by molar-refractivity contribution is -0.118. The highest BCUT2D eigenvalue weighted by atomic mass is 79.9. The third-order valence-electron chi connectivity index (χ3n) is 2.47. The largest absolute Gasteiger partial charge is 0.356 e. The Labute approximate surface area is 111 Å². The van der Waals surface area contributed by atoms with Gasteiger partial charge in [0.15, 0.2) is 0 Å². The van der Waals surface area contributed by atoms with Crippen molar-refractivity contribution in [3.05, 3.63) is 39.9 Å². The number of hydrogen-bond donors (Lipinski definition) is 1. The molecule has 0 saturated carbocycles. The third kappa shape index (κ3) is 5.18. The van der Waals surface area contributed by atoms with Crippen molar-refractivity contribution >= 4 is 27.9 Å². The smallest absolute Gasteiger partial charge is 0.216 e. The summed E-state index contributed by atoms with van der Waals surface area (Å²) in [6, 6.07) is 6.30. The fourth-order valence-electron chi connectivity index (χ4n) is 1.58. The second kappa shape index (κ2) is 7.28. The van der Waals surface area contributed by atoms with Gasteiger partial charge in [-0.3, -0.25) is 4.79 Å². The standard InChI is InChI=1S/C14H18BrNO/c1-3-12-10-14(15)8-7-13(12)6-4-5-9-16-11(2)17/h4,6-8,10H,3,5,9H2,1-2H3,(H,16,17). The molecule has 92 valence electrons. The minimum atomic E-state index is 0.0243. The Morgan fingerprint density at radius 1 is 1.47 bits per heavy atom. The molecule has 2 nitrogen and oxygen atoms in total. The maximum atomic E-state index is 10.7. The van der Waals surface area contributed by atoms with Gasteiger partial charge in [-0.1, -0.05) is 41.1 Å². The molecule has 17 heavy (non-hydrogen) atoms. The zero-order valence-corrected chi connectivity index (χ0v) is 11.9. The molecule has 1 N–H and O–H groups in total. The Morgan fingerprint density at radius 3 is 2.88 bits per heavy atom. The number of benzene rings is 1. The second-order valence-electron chi connectivity index (χ2n) is 3.87. The Hall–Kier alpha value is -1.09. The number of nitrogens with one attached hydrogen (secondary N) is 1. The normalized spacial score (nSPS) is 10.8. The van der Waals surface area contributed by atoms with Crippen LogP contribution in [0.25, 0.3) is 6.08 Å². The van der Waals surface area contributed by atoms with Crippen molar-refractivity contribution in [2.24, 2.45) is 0 Å². The number of hydrogen-bond acceptors (Lipinski definition) is 1. The first kappa shape index (κ1) is 14.0. The van der Waals surface area contributed by atoms with Crippen molar-refractivity contribution in [3.63, 3.8) is 0 Å². The van der Waals surface area contributed by atoms with E-state index in [0.717, 1.165) is 17.3 Å². The zero-order valence-electron chi connectivity index (χ0n) is 10.3. The van der Waals surface area contributed by atoms with E-state index in [1.54, 1.807) is 0 Å². The first-order valence-electron chi connectivity index (χ1n) is 5.83. The predicted octanol–water partition coefficient (Wildman–Crippen LogP) is 3.55. The molecule has 0 fully saturated rings. The van der Waals surface area contributed by atoms with Gasteiger partial charge in [0.05, 0.1) is 0 Å². The molecule has 1 aromatic carbocycles. The van der Waals surface area contributed by atoms with Crippen molar-refractivity contribution in [2.45, 2.75) is 26.7 Å². The Morgan fingerprint density at radius 2 is 2.24 bits per heavy atom. The van der Waals surface area contributed by atoms with Crippen molar-refractivity contribution in [1.82, 2.24) is 5.32 Å². The van der Waals surface area contributed by atoms with E-state index < -0.39 is 0 Å². The van der Waals surface area contributed by atoms with Gasteiger partial charge in [0.2, 0.25) is 5.91 Å². The summed E-state index contributed by atoms with van der Waals surface area (Å²) in [5.74, 6) is 0.0243. The van der Waals surface area contributed by atoms with E-state index >= 15 is 0 Å². The summed E-state index contributed by atoms with van der Waals surface area (Å²) in [6.07, 6.45) is 6.09. The lowest BCUT2D eigenvalue weighted by atomic mass is 10.0. The van der Waals surface area contributed by atoms with Crippen LogP contribution < -0.4 is 5.32 Å². The average molecular weight is 296 g/mol. The zero-order chi connectivity index (χ0) is 12.7. The topological polar surface area (TPSA) is 29.1 Å². The fourth-order valence-corrected chi connectivity index (χ4v) is 1.99. The lowest BCUT2D eigenvalue weighted by Crippen LogP contribution is -2.20. The van der Waals surface area contributed by atoms with Crippen LogP contribution in [0, 0.1) is 0 Å². The summed E-state index contributed by atoms with van der Waals surface area (Å²) in [4.78, 5) is 10.7. The highest BCUT2D eigenvalue weighted by Crippen LogP contribution is 2.18. The molecule has 0 radical (unpaired) electrons. The molecule has 1 amide bonds.